The molecule has 1 amide bonds. The summed E-state index contributed by atoms with van der Waals surface area (Å²) in [6, 6.07) is 14.5. The Morgan fingerprint density at radius 3 is 2.60 bits per heavy atom. The number of hydrogen-bond acceptors (Lipinski definition) is 3. The number of benzene rings is 2. The summed E-state index contributed by atoms with van der Waals surface area (Å²) >= 11 is 3.33. The Bertz CT molecular complexity index is 582. The van der Waals surface area contributed by atoms with Crippen LogP contribution in [0.25, 0.3) is 0 Å². The number of nitrogens with one attached hydrogen (secondary N) is 1. The third-order valence-electron chi connectivity index (χ3n) is 2.62. The lowest BCUT2D eigenvalue weighted by atomic mass is 10.3. The third kappa shape index (κ3) is 3.99. The van der Waals surface area contributed by atoms with Crippen molar-refractivity contribution in [2.45, 2.75) is 13.0 Å². The van der Waals surface area contributed by atoms with E-state index in [1.807, 2.05) is 30.3 Å². The molecule has 104 valence electrons. The largest absolute Gasteiger partial charge is 0.481 e. The molecule has 5 heteroatoms. The molecule has 0 heterocycles. The molecule has 0 aromatic heterocycles. The summed E-state index contributed by atoms with van der Waals surface area (Å²) in [5.41, 5.74) is 7.04. The number of nitrogens with two attached hydrogens (primary N) is 1. The smallest absolute Gasteiger partial charge is 0.265 e. The van der Waals surface area contributed by atoms with Gasteiger partial charge >= 0.3 is 0 Å². The number of anilines is 2. The summed E-state index contributed by atoms with van der Waals surface area (Å²) in [5, 5.41) is 2.78. The number of ether oxygens (including phenoxy) is 1. The van der Waals surface area contributed by atoms with Crippen molar-refractivity contribution < 1.29 is 9.53 Å². The Labute approximate surface area is 126 Å². The second kappa shape index (κ2) is 6.43. The van der Waals surface area contributed by atoms with E-state index in [4.69, 9.17) is 10.5 Å². The van der Waals surface area contributed by atoms with E-state index in [9.17, 15) is 4.79 Å². The first kappa shape index (κ1) is 14.4. The highest BCUT2D eigenvalue weighted by atomic mass is 79.9. The van der Waals surface area contributed by atoms with Crippen LogP contribution in [-0.4, -0.2) is 12.0 Å². The zero-order chi connectivity index (χ0) is 14.5. The number of carbonyl (C=O) groups excluding carboxylic acids is 1. The van der Waals surface area contributed by atoms with Gasteiger partial charge in [-0.1, -0.05) is 34.1 Å². The second-order valence-corrected chi connectivity index (χ2v) is 5.25. The molecule has 0 aliphatic rings. The van der Waals surface area contributed by atoms with E-state index in [2.05, 4.69) is 21.2 Å². The molecule has 1 unspecified atom stereocenters. The second-order valence-electron chi connectivity index (χ2n) is 4.34. The van der Waals surface area contributed by atoms with Gasteiger partial charge in [-0.2, -0.15) is 0 Å². The van der Waals surface area contributed by atoms with E-state index >= 15 is 0 Å². The average Bonchev–Trinajstić information content (AvgIpc) is 2.38. The summed E-state index contributed by atoms with van der Waals surface area (Å²) in [6.45, 7) is 1.69. The fourth-order valence-corrected chi connectivity index (χ4v) is 2.17. The molecule has 3 N–H and O–H groups in total. The lowest BCUT2D eigenvalue weighted by Gasteiger charge is -2.15. The maximum atomic E-state index is 12.0. The van der Waals surface area contributed by atoms with Gasteiger partial charge < -0.3 is 15.8 Å². The fraction of sp³-hybridized carbons (Fsp3) is 0.133. The van der Waals surface area contributed by atoms with Crippen LogP contribution in [-0.2, 0) is 4.79 Å². The van der Waals surface area contributed by atoms with Crippen molar-refractivity contribution in [3.63, 3.8) is 0 Å². The predicted molar refractivity (Wildman–Crippen MR) is 83.7 cm³/mol. The molecule has 20 heavy (non-hydrogen) atoms. The van der Waals surface area contributed by atoms with Gasteiger partial charge in [-0.25, -0.2) is 0 Å². The Morgan fingerprint density at radius 1 is 1.25 bits per heavy atom. The summed E-state index contributed by atoms with van der Waals surface area (Å²) in [5.74, 6) is 0.335. The molecular formula is C15H15BrN2O2. The monoisotopic (exact) mass is 334 g/mol. The van der Waals surface area contributed by atoms with Gasteiger partial charge in [0.25, 0.3) is 5.91 Å². The molecule has 0 aliphatic carbocycles. The van der Waals surface area contributed by atoms with Gasteiger partial charge in [-0.15, -0.1) is 0 Å². The highest BCUT2D eigenvalue weighted by molar-refractivity contribution is 9.10. The normalized spacial score (nSPS) is 11.7. The van der Waals surface area contributed by atoms with Gasteiger partial charge in [0, 0.05) is 21.9 Å². The van der Waals surface area contributed by atoms with Crippen LogP contribution in [0.1, 0.15) is 6.92 Å². The average molecular weight is 335 g/mol. The van der Waals surface area contributed by atoms with Crippen molar-refractivity contribution in [1.29, 1.82) is 0 Å². The number of amides is 1. The lowest BCUT2D eigenvalue weighted by Crippen LogP contribution is -2.30. The van der Waals surface area contributed by atoms with Gasteiger partial charge in [0.1, 0.15) is 5.75 Å². The summed E-state index contributed by atoms with van der Waals surface area (Å²) in [6.07, 6.45) is -0.621. The SMILES string of the molecule is CC(Oc1cc(N)cc(Br)c1)C(=O)Nc1ccccc1. The topological polar surface area (TPSA) is 64.3 Å². The Morgan fingerprint density at radius 2 is 1.95 bits per heavy atom. The minimum Gasteiger partial charge on any atom is -0.481 e. The van der Waals surface area contributed by atoms with Crippen molar-refractivity contribution >= 4 is 33.2 Å². The Balaban J connectivity index is 2.00. The van der Waals surface area contributed by atoms with Crippen LogP contribution in [0.2, 0.25) is 0 Å². The number of para-hydroxylation sites is 1. The van der Waals surface area contributed by atoms with Crippen molar-refractivity contribution in [1.82, 2.24) is 0 Å². The van der Waals surface area contributed by atoms with E-state index in [-0.39, 0.29) is 5.91 Å². The van der Waals surface area contributed by atoms with Crippen LogP contribution in [0.5, 0.6) is 5.75 Å². The van der Waals surface area contributed by atoms with Crippen molar-refractivity contribution in [2.24, 2.45) is 0 Å². The minimum absolute atomic E-state index is 0.213. The van der Waals surface area contributed by atoms with Crippen LogP contribution in [0.4, 0.5) is 11.4 Å². The Kier molecular flexibility index (Phi) is 4.63. The van der Waals surface area contributed by atoms with Gasteiger partial charge in [-0.3, -0.25) is 4.79 Å². The first-order valence-corrected chi connectivity index (χ1v) is 6.92. The van der Waals surface area contributed by atoms with E-state index in [0.717, 1.165) is 10.2 Å². The molecule has 2 rings (SSSR count). The fourth-order valence-electron chi connectivity index (χ4n) is 1.68. The van der Waals surface area contributed by atoms with E-state index in [0.29, 0.717) is 11.4 Å². The minimum atomic E-state index is -0.621. The molecule has 0 bridgehead atoms. The van der Waals surface area contributed by atoms with Crippen molar-refractivity contribution in [3.05, 3.63) is 53.0 Å². The summed E-state index contributed by atoms with van der Waals surface area (Å²) in [4.78, 5) is 12.0. The number of rotatable bonds is 4. The lowest BCUT2D eigenvalue weighted by molar-refractivity contribution is -0.122. The highest BCUT2D eigenvalue weighted by Gasteiger charge is 2.15. The first-order valence-electron chi connectivity index (χ1n) is 6.13. The van der Waals surface area contributed by atoms with E-state index < -0.39 is 6.10 Å². The van der Waals surface area contributed by atoms with Crippen molar-refractivity contribution in [3.8, 4) is 5.75 Å². The van der Waals surface area contributed by atoms with Crippen LogP contribution in [0.3, 0.4) is 0 Å². The van der Waals surface area contributed by atoms with Gasteiger partial charge in [0.2, 0.25) is 0 Å². The number of hydrogen-bond donors (Lipinski definition) is 2. The van der Waals surface area contributed by atoms with Crippen LogP contribution >= 0.6 is 15.9 Å². The summed E-state index contributed by atoms with van der Waals surface area (Å²) < 4.78 is 6.40. The Hall–Kier alpha value is -2.01. The molecular weight excluding hydrogens is 320 g/mol. The summed E-state index contributed by atoms with van der Waals surface area (Å²) in [7, 11) is 0. The van der Waals surface area contributed by atoms with E-state index in [1.165, 1.54) is 0 Å². The molecule has 0 saturated heterocycles. The molecule has 0 radical (unpaired) electrons. The number of carbonyl (C=O) groups is 1. The molecule has 0 spiro atoms. The molecule has 1 atom stereocenters. The predicted octanol–water partition coefficient (Wildman–Crippen LogP) is 3.44. The van der Waals surface area contributed by atoms with Crippen molar-refractivity contribution in [2.75, 3.05) is 11.1 Å². The highest BCUT2D eigenvalue weighted by Crippen LogP contribution is 2.23. The molecule has 0 aliphatic heterocycles. The van der Waals surface area contributed by atoms with Gasteiger partial charge in [0.15, 0.2) is 6.10 Å². The number of halogens is 1. The number of nitrogen functional groups attached to an aromatic ring is 1. The van der Waals surface area contributed by atoms with E-state index in [1.54, 1.807) is 25.1 Å². The molecule has 4 nitrogen and oxygen atoms in total. The third-order valence-corrected chi connectivity index (χ3v) is 3.07. The molecule has 2 aromatic rings. The zero-order valence-electron chi connectivity index (χ0n) is 11.0. The maximum absolute atomic E-state index is 12.0. The quantitative estimate of drug-likeness (QED) is 0.842. The zero-order valence-corrected chi connectivity index (χ0v) is 12.6. The van der Waals surface area contributed by atoms with Crippen LogP contribution < -0.4 is 15.8 Å². The van der Waals surface area contributed by atoms with Crippen LogP contribution in [0.15, 0.2) is 53.0 Å². The van der Waals surface area contributed by atoms with Crippen LogP contribution in [0, 0.1) is 0 Å². The van der Waals surface area contributed by atoms with Gasteiger partial charge in [0.05, 0.1) is 0 Å². The molecule has 2 aromatic carbocycles. The first-order chi connectivity index (χ1) is 9.54. The van der Waals surface area contributed by atoms with Gasteiger partial charge in [-0.05, 0) is 31.2 Å². The molecule has 0 saturated carbocycles. The molecule has 0 fully saturated rings. The standard InChI is InChI=1S/C15H15BrN2O2/c1-10(15(19)18-13-5-3-2-4-6-13)20-14-8-11(16)7-12(17)9-14/h2-10H,17H2,1H3,(H,18,19). The maximum Gasteiger partial charge on any atom is 0.265 e.